The second-order valence-corrected chi connectivity index (χ2v) is 5.83. The first-order valence-electron chi connectivity index (χ1n) is 7.27. The van der Waals surface area contributed by atoms with Crippen LogP contribution < -0.4 is 0 Å². The highest BCUT2D eigenvalue weighted by Gasteiger charge is 2.33. The molecule has 3 rings (SSSR count). The van der Waals surface area contributed by atoms with Crippen LogP contribution in [0.3, 0.4) is 0 Å². The molecule has 0 radical (unpaired) electrons. The number of aromatic amines is 1. The van der Waals surface area contributed by atoms with E-state index in [0.717, 1.165) is 19.8 Å². The molecule has 1 atom stereocenters. The zero-order chi connectivity index (χ0) is 13.2. The summed E-state index contributed by atoms with van der Waals surface area (Å²) >= 11 is 0. The molecule has 0 aliphatic carbocycles. The van der Waals surface area contributed by atoms with Crippen molar-refractivity contribution in [3.63, 3.8) is 0 Å². The standard InChI is InChI=1S/C14H24N4O/c1-11-9-15-16-14(11)13-10-19-8-7-18(13)12-3-5-17(2)6-4-12/h9,12-13H,3-8,10H2,1-2H3,(H,15,16)/t13-/m1/s1. The van der Waals surface area contributed by atoms with Crippen LogP contribution in [0, 0.1) is 6.92 Å². The molecule has 2 saturated heterocycles. The van der Waals surface area contributed by atoms with Gasteiger partial charge in [-0.05, 0) is 45.5 Å². The molecule has 2 aliphatic rings. The van der Waals surface area contributed by atoms with Crippen LogP contribution in [0.1, 0.15) is 30.1 Å². The fourth-order valence-corrected chi connectivity index (χ4v) is 3.32. The van der Waals surface area contributed by atoms with Crippen LogP contribution in [0.4, 0.5) is 0 Å². The van der Waals surface area contributed by atoms with Crippen LogP contribution >= 0.6 is 0 Å². The largest absolute Gasteiger partial charge is 0.378 e. The minimum Gasteiger partial charge on any atom is -0.378 e. The Balaban J connectivity index is 1.76. The summed E-state index contributed by atoms with van der Waals surface area (Å²) in [6.07, 6.45) is 4.44. The van der Waals surface area contributed by atoms with E-state index in [1.807, 2.05) is 6.20 Å². The van der Waals surface area contributed by atoms with Crippen molar-refractivity contribution in [2.45, 2.75) is 31.8 Å². The molecule has 1 aromatic rings. The normalized spacial score (nSPS) is 27.8. The van der Waals surface area contributed by atoms with Gasteiger partial charge in [0.1, 0.15) is 0 Å². The van der Waals surface area contributed by atoms with Gasteiger partial charge in [0, 0.05) is 12.6 Å². The van der Waals surface area contributed by atoms with E-state index in [-0.39, 0.29) is 0 Å². The lowest BCUT2D eigenvalue weighted by atomic mass is 9.99. The first-order chi connectivity index (χ1) is 9.25. The van der Waals surface area contributed by atoms with Gasteiger partial charge >= 0.3 is 0 Å². The number of morpholine rings is 1. The number of H-pyrrole nitrogens is 1. The Kier molecular flexibility index (Phi) is 3.86. The molecule has 5 nitrogen and oxygen atoms in total. The van der Waals surface area contributed by atoms with E-state index in [0.29, 0.717) is 12.1 Å². The predicted octanol–water partition coefficient (Wildman–Crippen LogP) is 1.19. The molecule has 5 heteroatoms. The minimum absolute atomic E-state index is 0.352. The molecule has 2 fully saturated rings. The number of aromatic nitrogens is 2. The summed E-state index contributed by atoms with van der Waals surface area (Å²) in [5.41, 5.74) is 2.48. The first kappa shape index (κ1) is 13.1. The number of nitrogens with zero attached hydrogens (tertiary/aromatic N) is 3. The molecule has 106 valence electrons. The van der Waals surface area contributed by atoms with Gasteiger partial charge in [-0.1, -0.05) is 0 Å². The SMILES string of the molecule is Cc1cn[nH]c1[C@H]1COCCN1C1CCN(C)CC1. The minimum atomic E-state index is 0.352. The fraction of sp³-hybridized carbons (Fsp3) is 0.786. The lowest BCUT2D eigenvalue weighted by Crippen LogP contribution is -2.50. The smallest absolute Gasteiger partial charge is 0.0757 e. The van der Waals surface area contributed by atoms with Gasteiger partial charge in [-0.25, -0.2) is 0 Å². The van der Waals surface area contributed by atoms with E-state index in [2.05, 4.69) is 34.0 Å². The van der Waals surface area contributed by atoms with Gasteiger partial charge in [0.05, 0.1) is 31.1 Å². The summed E-state index contributed by atoms with van der Waals surface area (Å²) in [7, 11) is 2.21. The van der Waals surface area contributed by atoms with Gasteiger partial charge in [-0.2, -0.15) is 5.10 Å². The molecule has 19 heavy (non-hydrogen) atoms. The zero-order valence-electron chi connectivity index (χ0n) is 11.9. The molecule has 0 bridgehead atoms. The van der Waals surface area contributed by atoms with Crippen molar-refractivity contribution in [1.82, 2.24) is 20.0 Å². The Morgan fingerprint density at radius 2 is 2.11 bits per heavy atom. The number of hydrogen-bond donors (Lipinski definition) is 1. The maximum absolute atomic E-state index is 5.70. The number of nitrogens with one attached hydrogen (secondary N) is 1. The van der Waals surface area contributed by atoms with Gasteiger partial charge in [0.15, 0.2) is 0 Å². The number of likely N-dealkylation sites (tertiary alicyclic amines) is 1. The van der Waals surface area contributed by atoms with Gasteiger partial charge in [-0.15, -0.1) is 0 Å². The lowest BCUT2D eigenvalue weighted by molar-refractivity contribution is -0.0431. The molecule has 3 heterocycles. The Morgan fingerprint density at radius 1 is 1.32 bits per heavy atom. The van der Waals surface area contributed by atoms with Gasteiger partial charge in [-0.3, -0.25) is 10.00 Å². The highest BCUT2D eigenvalue weighted by Crippen LogP contribution is 2.30. The summed E-state index contributed by atoms with van der Waals surface area (Å²) in [4.78, 5) is 5.06. The number of aryl methyl sites for hydroxylation is 1. The average molecular weight is 264 g/mol. The van der Waals surface area contributed by atoms with Crippen molar-refractivity contribution in [1.29, 1.82) is 0 Å². The van der Waals surface area contributed by atoms with Crippen molar-refractivity contribution < 1.29 is 4.74 Å². The van der Waals surface area contributed by atoms with E-state index in [4.69, 9.17) is 4.74 Å². The van der Waals surface area contributed by atoms with Gasteiger partial charge in [0.2, 0.25) is 0 Å². The van der Waals surface area contributed by atoms with Gasteiger partial charge in [0.25, 0.3) is 0 Å². The second kappa shape index (κ2) is 5.61. The maximum atomic E-state index is 5.70. The summed E-state index contributed by atoms with van der Waals surface area (Å²) in [6.45, 7) is 7.22. The fourth-order valence-electron chi connectivity index (χ4n) is 3.32. The highest BCUT2D eigenvalue weighted by atomic mass is 16.5. The van der Waals surface area contributed by atoms with Crippen molar-refractivity contribution in [3.8, 4) is 0 Å². The molecule has 1 N–H and O–H groups in total. The molecular weight excluding hydrogens is 240 g/mol. The monoisotopic (exact) mass is 264 g/mol. The molecule has 0 saturated carbocycles. The molecule has 0 unspecified atom stereocenters. The quantitative estimate of drug-likeness (QED) is 0.871. The molecule has 1 aromatic heterocycles. The topological polar surface area (TPSA) is 44.4 Å². The summed E-state index contributed by atoms with van der Waals surface area (Å²) in [5, 5.41) is 7.34. The lowest BCUT2D eigenvalue weighted by Gasteiger charge is -2.43. The molecule has 0 amide bonds. The Bertz CT molecular complexity index is 411. The maximum Gasteiger partial charge on any atom is 0.0757 e. The van der Waals surface area contributed by atoms with Crippen molar-refractivity contribution in [2.75, 3.05) is 39.9 Å². The number of ether oxygens (including phenoxy) is 1. The highest BCUT2D eigenvalue weighted by molar-refractivity contribution is 5.19. The van der Waals surface area contributed by atoms with Crippen LogP contribution in [0.25, 0.3) is 0 Å². The average Bonchev–Trinajstić information content (AvgIpc) is 2.86. The second-order valence-electron chi connectivity index (χ2n) is 5.83. The summed E-state index contributed by atoms with van der Waals surface area (Å²) < 4.78 is 5.70. The third-order valence-corrected chi connectivity index (χ3v) is 4.53. The van der Waals surface area contributed by atoms with E-state index in [9.17, 15) is 0 Å². The molecular formula is C14H24N4O. The van der Waals surface area contributed by atoms with E-state index >= 15 is 0 Å². The van der Waals surface area contributed by atoms with Crippen molar-refractivity contribution in [3.05, 3.63) is 17.5 Å². The van der Waals surface area contributed by atoms with Crippen LogP contribution in [0.5, 0.6) is 0 Å². The third kappa shape index (κ3) is 2.68. The van der Waals surface area contributed by atoms with Crippen LogP contribution in [0.15, 0.2) is 6.20 Å². The number of piperidine rings is 1. The number of rotatable bonds is 2. The Labute approximate surface area is 114 Å². The Hall–Kier alpha value is -0.910. The van der Waals surface area contributed by atoms with E-state index < -0.39 is 0 Å². The Morgan fingerprint density at radius 3 is 2.79 bits per heavy atom. The third-order valence-electron chi connectivity index (χ3n) is 4.53. The van der Waals surface area contributed by atoms with Crippen LogP contribution in [-0.2, 0) is 4.74 Å². The zero-order valence-corrected chi connectivity index (χ0v) is 11.9. The first-order valence-corrected chi connectivity index (χ1v) is 7.27. The molecule has 2 aliphatic heterocycles. The number of hydrogen-bond acceptors (Lipinski definition) is 4. The van der Waals surface area contributed by atoms with Crippen LogP contribution in [-0.4, -0.2) is 65.9 Å². The van der Waals surface area contributed by atoms with Crippen molar-refractivity contribution in [2.24, 2.45) is 0 Å². The van der Waals surface area contributed by atoms with Gasteiger partial charge < -0.3 is 9.64 Å². The summed E-state index contributed by atoms with van der Waals surface area (Å²) in [5.74, 6) is 0. The van der Waals surface area contributed by atoms with E-state index in [1.54, 1.807) is 0 Å². The van der Waals surface area contributed by atoms with E-state index in [1.165, 1.54) is 37.2 Å². The molecule has 0 aromatic carbocycles. The predicted molar refractivity (Wildman–Crippen MR) is 74.1 cm³/mol. The molecule has 0 spiro atoms. The van der Waals surface area contributed by atoms with Crippen molar-refractivity contribution >= 4 is 0 Å². The summed E-state index contributed by atoms with van der Waals surface area (Å²) in [6, 6.07) is 1.04. The van der Waals surface area contributed by atoms with Crippen LogP contribution in [0.2, 0.25) is 0 Å².